The van der Waals surface area contributed by atoms with Gasteiger partial charge in [-0.15, -0.1) is 45.3 Å². The van der Waals surface area contributed by atoms with Crippen LogP contribution in [-0.4, -0.2) is 0 Å². The quantitative estimate of drug-likeness (QED) is 0.248. The Morgan fingerprint density at radius 3 is 1.20 bits per heavy atom. The van der Waals surface area contributed by atoms with Gasteiger partial charge in [-0.25, -0.2) is 0 Å². The maximum Gasteiger partial charge on any atom is 0.0463 e. The summed E-state index contributed by atoms with van der Waals surface area (Å²) in [5.74, 6) is 0. The molecule has 0 N–H and O–H groups in total. The minimum atomic E-state index is 1.31. The summed E-state index contributed by atoms with van der Waals surface area (Å²) in [4.78, 5) is 5.24. The van der Waals surface area contributed by atoms with Crippen molar-refractivity contribution in [3.05, 3.63) is 92.3 Å². The van der Waals surface area contributed by atoms with E-state index < -0.39 is 0 Å². The maximum absolute atomic E-state index is 2.31. The van der Waals surface area contributed by atoms with Crippen molar-refractivity contribution >= 4 is 99.2 Å². The Hall–Kier alpha value is -2.50. The summed E-state index contributed by atoms with van der Waals surface area (Å²) in [6.45, 7) is 0. The van der Waals surface area contributed by atoms with Gasteiger partial charge in [-0.1, -0.05) is 36.4 Å². The maximum atomic E-state index is 2.31. The summed E-state index contributed by atoms with van der Waals surface area (Å²) in [6.07, 6.45) is 8.97. The molecule has 4 aromatic heterocycles. The Morgan fingerprint density at radius 2 is 0.767 bits per heavy atom. The molecule has 0 saturated carbocycles. The van der Waals surface area contributed by atoms with Crippen LogP contribution in [-0.2, 0) is 0 Å². The summed E-state index contributed by atoms with van der Waals surface area (Å²) in [5, 5.41) is 2.65. The fraction of sp³-hybridized carbons (Fsp3) is 0. The second kappa shape index (κ2) is 7.64. The van der Waals surface area contributed by atoms with Crippen LogP contribution in [0.2, 0.25) is 0 Å². The Morgan fingerprint density at radius 1 is 0.400 bits per heavy atom. The van der Waals surface area contributed by atoms with Crippen LogP contribution in [0.25, 0.3) is 53.9 Å². The lowest BCUT2D eigenvalue weighted by Crippen LogP contribution is -1.60. The Balaban J connectivity index is 1.22. The monoisotopic (exact) mass is 456 g/mol. The summed E-state index contributed by atoms with van der Waals surface area (Å²) in [6, 6.07) is 26.3. The minimum Gasteiger partial charge on any atom is -0.136 e. The molecule has 2 aromatic carbocycles. The first kappa shape index (κ1) is 18.3. The lowest BCUT2D eigenvalue weighted by Gasteiger charge is -1.86. The van der Waals surface area contributed by atoms with Crippen LogP contribution < -0.4 is 0 Å². The van der Waals surface area contributed by atoms with E-state index in [1.165, 1.54) is 49.1 Å². The summed E-state index contributed by atoms with van der Waals surface area (Å²) >= 11 is 7.43. The van der Waals surface area contributed by atoms with E-state index in [1.807, 2.05) is 45.3 Å². The van der Waals surface area contributed by atoms with Crippen molar-refractivity contribution in [3.63, 3.8) is 0 Å². The molecule has 0 amide bonds. The van der Waals surface area contributed by atoms with E-state index in [9.17, 15) is 0 Å². The molecule has 0 radical (unpaired) electrons. The predicted molar refractivity (Wildman–Crippen MR) is 141 cm³/mol. The summed E-state index contributed by atoms with van der Waals surface area (Å²) in [5.41, 5.74) is 0. The van der Waals surface area contributed by atoms with Gasteiger partial charge < -0.3 is 0 Å². The number of hydrogen-bond donors (Lipinski definition) is 0. The lowest BCUT2D eigenvalue weighted by molar-refractivity contribution is 1.85. The number of hydrogen-bond acceptors (Lipinski definition) is 4. The van der Waals surface area contributed by atoms with Gasteiger partial charge >= 0.3 is 0 Å². The Labute approximate surface area is 190 Å². The highest BCUT2D eigenvalue weighted by Crippen LogP contribution is 2.36. The molecule has 6 rings (SSSR count). The van der Waals surface area contributed by atoms with Crippen LogP contribution in [0.1, 0.15) is 19.5 Å². The van der Waals surface area contributed by atoms with Gasteiger partial charge in [0.1, 0.15) is 0 Å². The molecule has 4 heterocycles. The molecular formula is C26H16S4. The van der Waals surface area contributed by atoms with Gasteiger partial charge in [0.05, 0.1) is 0 Å². The fourth-order valence-corrected chi connectivity index (χ4v) is 7.69. The van der Waals surface area contributed by atoms with Gasteiger partial charge in [-0.05, 0) is 71.5 Å². The average Bonchev–Trinajstić information content (AvgIpc) is 3.51. The summed E-state index contributed by atoms with van der Waals surface area (Å²) < 4.78 is 5.43. The highest BCUT2D eigenvalue weighted by Gasteiger charge is 2.05. The van der Waals surface area contributed by atoms with Gasteiger partial charge in [-0.2, -0.15) is 0 Å². The molecule has 0 nitrogen and oxygen atoms in total. The van der Waals surface area contributed by atoms with E-state index in [1.54, 1.807) is 0 Å². The SMILES string of the molecule is C(=C\c1cc2sc(/C=C/c3cc4ccccc4s3)cc2s1)/c1cc2ccccc2s1. The van der Waals surface area contributed by atoms with E-state index >= 15 is 0 Å². The topological polar surface area (TPSA) is 0 Å². The zero-order chi connectivity index (χ0) is 19.9. The highest BCUT2D eigenvalue weighted by molar-refractivity contribution is 7.28. The lowest BCUT2D eigenvalue weighted by atomic mass is 10.2. The zero-order valence-corrected chi connectivity index (χ0v) is 19.1. The highest BCUT2D eigenvalue weighted by atomic mass is 32.1. The smallest absolute Gasteiger partial charge is 0.0463 e. The first-order chi connectivity index (χ1) is 14.8. The molecule has 0 spiro atoms. The predicted octanol–water partition coefficient (Wildman–Crippen LogP) is 9.73. The molecule has 0 atom stereocenters. The van der Waals surface area contributed by atoms with Gasteiger partial charge in [0.25, 0.3) is 0 Å². The first-order valence-electron chi connectivity index (χ1n) is 9.67. The number of thiophene rings is 4. The minimum absolute atomic E-state index is 1.31. The van der Waals surface area contributed by atoms with E-state index in [0.717, 1.165) is 0 Å². The molecular weight excluding hydrogens is 441 g/mol. The first-order valence-corrected chi connectivity index (χ1v) is 12.9. The van der Waals surface area contributed by atoms with Crippen molar-refractivity contribution in [1.29, 1.82) is 0 Å². The van der Waals surface area contributed by atoms with Crippen molar-refractivity contribution in [2.45, 2.75) is 0 Å². The summed E-state index contributed by atoms with van der Waals surface area (Å²) in [7, 11) is 0. The molecule has 30 heavy (non-hydrogen) atoms. The second-order valence-corrected chi connectivity index (χ2v) is 11.5. The van der Waals surface area contributed by atoms with Gasteiger partial charge in [-0.3, -0.25) is 0 Å². The third-order valence-electron chi connectivity index (χ3n) is 4.96. The van der Waals surface area contributed by atoms with Crippen LogP contribution in [0, 0.1) is 0 Å². The van der Waals surface area contributed by atoms with E-state index in [0.29, 0.717) is 0 Å². The van der Waals surface area contributed by atoms with Crippen LogP contribution in [0.5, 0.6) is 0 Å². The largest absolute Gasteiger partial charge is 0.136 e. The normalized spacial score (nSPS) is 12.4. The molecule has 0 saturated heterocycles. The van der Waals surface area contributed by atoms with E-state index in [-0.39, 0.29) is 0 Å². The Kier molecular flexibility index (Phi) is 4.65. The van der Waals surface area contributed by atoms with Crippen LogP contribution >= 0.6 is 45.3 Å². The number of fused-ring (bicyclic) bond motifs is 3. The molecule has 0 fully saturated rings. The standard InChI is InChI=1S/C26H16S4/c1-3-7-23-17(5-1)13-19(27-23)9-11-21-15-25-26(29-21)16-22(30-25)12-10-20-14-18-6-2-4-8-24(18)28-20/h1-16H/b11-9+,12-10+. The van der Waals surface area contributed by atoms with Crippen molar-refractivity contribution in [3.8, 4) is 0 Å². The number of rotatable bonds is 4. The molecule has 4 heteroatoms. The molecule has 0 bridgehead atoms. The van der Waals surface area contributed by atoms with Crippen LogP contribution in [0.15, 0.2) is 72.8 Å². The van der Waals surface area contributed by atoms with E-state index in [4.69, 9.17) is 0 Å². The Bertz CT molecular complexity index is 1340. The van der Waals surface area contributed by atoms with Gasteiger partial charge in [0, 0.05) is 38.3 Å². The average molecular weight is 457 g/mol. The third-order valence-corrected chi connectivity index (χ3v) is 9.34. The molecule has 0 aliphatic carbocycles. The van der Waals surface area contributed by atoms with Gasteiger partial charge in [0.15, 0.2) is 0 Å². The van der Waals surface area contributed by atoms with E-state index in [2.05, 4.69) is 97.1 Å². The molecule has 144 valence electrons. The molecule has 0 aliphatic rings. The number of benzene rings is 2. The molecule has 0 aliphatic heterocycles. The second-order valence-electron chi connectivity index (χ2n) is 7.07. The van der Waals surface area contributed by atoms with Crippen LogP contribution in [0.3, 0.4) is 0 Å². The van der Waals surface area contributed by atoms with Gasteiger partial charge in [0.2, 0.25) is 0 Å². The third kappa shape index (κ3) is 3.57. The molecule has 6 aromatic rings. The van der Waals surface area contributed by atoms with Crippen molar-refractivity contribution in [2.24, 2.45) is 0 Å². The van der Waals surface area contributed by atoms with Crippen LogP contribution in [0.4, 0.5) is 0 Å². The van der Waals surface area contributed by atoms with Crippen molar-refractivity contribution in [2.75, 3.05) is 0 Å². The van der Waals surface area contributed by atoms with Crippen molar-refractivity contribution < 1.29 is 0 Å². The zero-order valence-electron chi connectivity index (χ0n) is 15.9. The van der Waals surface area contributed by atoms with Crippen molar-refractivity contribution in [1.82, 2.24) is 0 Å². The molecule has 0 unspecified atom stereocenters. The fourth-order valence-electron chi connectivity index (χ4n) is 3.53.